The van der Waals surface area contributed by atoms with Crippen LogP contribution in [0, 0.1) is 12.8 Å². The number of rotatable bonds is 21. The van der Waals surface area contributed by atoms with Crippen LogP contribution in [0.3, 0.4) is 0 Å². The summed E-state index contributed by atoms with van der Waals surface area (Å²) in [5.74, 6) is -21.6. The number of hydrogen-bond donors (Lipinski definition) is 19. The van der Waals surface area contributed by atoms with Gasteiger partial charge in [-0.3, -0.25) is 52.7 Å². The normalized spacial score (nSPS) is 28.2. The number of aromatic hydroxyl groups is 2. The average molecular weight is 1990 g/mol. The Labute approximate surface area is 808 Å². The van der Waals surface area contributed by atoms with Crippen LogP contribution in [0.25, 0.3) is 22.3 Å². The number of phenolic OH excluding ortho intramolecular Hbond substituents is 2. The number of likely N-dealkylation sites (N-methyl/N-ethyl adjacent to an activating group) is 1. The second-order valence-electron chi connectivity index (χ2n) is 36.0. The quantitative estimate of drug-likeness (QED) is 0.0482. The number of hydrogen-bond acceptors (Lipinski definition) is 30. The third-order valence-electron chi connectivity index (χ3n) is 25.2. The van der Waals surface area contributed by atoms with Crippen molar-refractivity contribution >= 4 is 106 Å². The molecule has 3 saturated heterocycles. The van der Waals surface area contributed by atoms with E-state index >= 15 is 28.8 Å². The Kier molecular flexibility index (Phi) is 31.2. The minimum atomic E-state index is -2.44. The molecule has 9 amide bonds. The number of fused-ring (bicyclic) bond motifs is 14. The summed E-state index contributed by atoms with van der Waals surface area (Å²) in [6.07, 6.45) is -27.9. The highest BCUT2D eigenvalue weighted by Gasteiger charge is 2.55. The lowest BCUT2D eigenvalue weighted by Crippen LogP contribution is -2.66. The molecule has 0 aliphatic carbocycles. The van der Waals surface area contributed by atoms with Crippen LogP contribution in [0.4, 0.5) is 0 Å². The van der Waals surface area contributed by atoms with Crippen LogP contribution >= 0.6 is 34.8 Å². The van der Waals surface area contributed by atoms with Gasteiger partial charge in [0.05, 0.1) is 35.3 Å². The number of nitrogens with one attached hydrogen (secondary N) is 7. The predicted molar refractivity (Wildman–Crippen MR) is 486 cm³/mol. The van der Waals surface area contributed by atoms with E-state index in [4.69, 9.17) is 88.9 Å². The molecule has 17 rings (SSSR count). The molecule has 45 heteroatoms. The highest BCUT2D eigenvalue weighted by Crippen LogP contribution is 2.51. The summed E-state index contributed by atoms with van der Waals surface area (Å²) in [6.45, 7) is 6.55. The number of aliphatic hydroxyl groups excluding tert-OH is 5. The molecule has 3 fully saturated rings. The van der Waals surface area contributed by atoms with Gasteiger partial charge in [0.2, 0.25) is 65.2 Å². The Morgan fingerprint density at radius 3 is 1.86 bits per heavy atom. The number of ether oxygens (including phenoxy) is 9. The molecule has 10 aliphatic rings. The first-order valence-corrected chi connectivity index (χ1v) is 45.3. The highest BCUT2D eigenvalue weighted by molar-refractivity contribution is 6.32. The molecule has 10 heterocycles. The standard InChI is InChI=1S/C94H104Cl3N11O31/c1-39(2)24-56(107(7)64(112)22-23-65(113)108(36-66(114)115)37-67(116)117)85(124)105-74-76(118)46-16-20-58(53(96)26-46)133-60-28-48-29-61-80(60)139-91-81(137-69-34-94(6,82(121)41(4)132-69)100-35-42-9-12-43(13-10-42)44-14-18-49(95)19-15-44)78(120)77(119)62(135-91)38-131-92-83(122)93(5,99)33-68(138-92)136-79(47-17-21-59(134-61)54(97)27-47)75-89(128)104-73(90(129)130)52-30-50(109)31-57(110)70(52)51-25-45(11-8-40(51)3)71(86(125)106-75)103-87(126)72(48)102-84(123)55(32-63(98)111)101-88(74)127/h8-21,25-31,39,41,55-56,62,68-69,71-79,81-83,91-92,100,109-110,118-122H,22-24,32-38,99H2,1-7H3,(H2,98,111)(H,101,127)(H,102,123)(H,103,126)(H,104,128)(H,105,124)(H,106,125)(H,114,115)(H,116,117)(H,129,130)/t41-,55-,56+,62+,68+,69-,71+,72+,73+,74+,75-,76+,77+,78-,79+,81+,82-,83-,91-,92+,93-,94-/m0/s1. The second kappa shape index (κ2) is 42.3. The smallest absolute Gasteiger partial charge is 0.330 e. The van der Waals surface area contributed by atoms with Crippen LogP contribution in [0.15, 0.2) is 127 Å². The summed E-state index contributed by atoms with van der Waals surface area (Å²) in [6, 6.07) is 14.0. The van der Waals surface area contributed by atoms with Crippen molar-refractivity contribution in [3.63, 3.8) is 0 Å². The molecule has 0 unspecified atom stereocenters. The maximum atomic E-state index is 16.8. The molecule has 22 atom stereocenters. The molecule has 742 valence electrons. The summed E-state index contributed by atoms with van der Waals surface area (Å²) in [5.41, 5.74) is 10.3. The molecule has 7 aromatic carbocycles. The lowest BCUT2D eigenvalue weighted by molar-refractivity contribution is -0.351. The number of nitrogens with two attached hydrogens (primary N) is 2. The lowest BCUT2D eigenvalue weighted by Gasteiger charge is -2.49. The predicted octanol–water partition coefficient (Wildman–Crippen LogP) is 4.09. The summed E-state index contributed by atoms with van der Waals surface area (Å²) in [7, 11) is 1.14. The molecule has 0 aromatic heterocycles. The van der Waals surface area contributed by atoms with Crippen LogP contribution in [-0.2, 0) is 92.5 Å². The van der Waals surface area contributed by atoms with Gasteiger partial charge in [0, 0.05) is 72.6 Å². The number of aliphatic hydroxyl groups is 5. The van der Waals surface area contributed by atoms with E-state index in [2.05, 4.69) is 37.2 Å². The third-order valence-corrected chi connectivity index (χ3v) is 26.0. The van der Waals surface area contributed by atoms with Gasteiger partial charge < -0.3 is 152 Å². The molecular weight excluding hydrogens is 1890 g/mol. The van der Waals surface area contributed by atoms with Crippen molar-refractivity contribution in [1.82, 2.24) is 47.0 Å². The summed E-state index contributed by atoms with van der Waals surface area (Å²) >= 11 is 21.0. The number of amides is 9. The van der Waals surface area contributed by atoms with Crippen molar-refractivity contribution < 1.29 is 151 Å². The van der Waals surface area contributed by atoms with Crippen LogP contribution in [0.1, 0.15) is 142 Å². The van der Waals surface area contributed by atoms with E-state index in [-0.39, 0.29) is 52.8 Å². The summed E-state index contributed by atoms with van der Waals surface area (Å²) in [4.78, 5) is 176. The fourth-order valence-electron chi connectivity index (χ4n) is 17.6. The largest absolute Gasteiger partial charge is 0.508 e. The topological polar surface area (TPSA) is 633 Å². The number of halogens is 3. The van der Waals surface area contributed by atoms with Crippen molar-refractivity contribution in [3.8, 4) is 62.5 Å². The first kappa shape index (κ1) is 102. The number of carboxylic acids is 3. The molecule has 7 aromatic rings. The number of nitrogens with zero attached hydrogens (tertiary/aromatic N) is 2. The zero-order valence-corrected chi connectivity index (χ0v) is 77.8. The Morgan fingerprint density at radius 2 is 1.24 bits per heavy atom. The molecule has 0 radical (unpaired) electrons. The van der Waals surface area contributed by atoms with E-state index in [1.165, 1.54) is 50.2 Å². The van der Waals surface area contributed by atoms with E-state index in [1.807, 2.05) is 36.4 Å². The molecule has 10 aliphatic heterocycles. The Balaban J connectivity index is 0.959. The second-order valence-corrected chi connectivity index (χ2v) is 37.3. The van der Waals surface area contributed by atoms with Gasteiger partial charge in [-0.1, -0.05) is 109 Å². The number of carbonyl (C=O) groups excluding carboxylic acids is 9. The number of aryl methyl sites for hydroxylation is 1. The summed E-state index contributed by atoms with van der Waals surface area (Å²) in [5, 5.41) is 134. The van der Waals surface area contributed by atoms with Gasteiger partial charge in [-0.05, 0) is 151 Å². The number of primary amides is 1. The third kappa shape index (κ3) is 23.0. The molecular formula is C94H104Cl3N11O31. The van der Waals surface area contributed by atoms with Crippen molar-refractivity contribution in [2.24, 2.45) is 17.4 Å². The van der Waals surface area contributed by atoms with Gasteiger partial charge in [-0.25, -0.2) is 4.79 Å². The highest BCUT2D eigenvalue weighted by atomic mass is 35.5. The molecule has 0 spiro atoms. The fourth-order valence-corrected chi connectivity index (χ4v) is 18.2. The minimum absolute atomic E-state index is 0.0853. The maximum absolute atomic E-state index is 16.8. The molecule has 21 N–H and O–H groups in total. The Morgan fingerprint density at radius 1 is 0.633 bits per heavy atom. The van der Waals surface area contributed by atoms with Gasteiger partial charge in [-0.2, -0.15) is 0 Å². The minimum Gasteiger partial charge on any atom is -0.508 e. The van der Waals surface area contributed by atoms with Gasteiger partial charge in [-0.15, -0.1) is 0 Å². The number of aliphatic carboxylic acids is 3. The van der Waals surface area contributed by atoms with Gasteiger partial charge in [0.1, 0.15) is 109 Å². The molecule has 16 bridgehead atoms. The van der Waals surface area contributed by atoms with Crippen molar-refractivity contribution in [3.05, 3.63) is 181 Å². The Hall–Kier alpha value is -12.5. The average Bonchev–Trinajstić information content (AvgIpc) is 0.743. The van der Waals surface area contributed by atoms with Crippen molar-refractivity contribution in [1.29, 1.82) is 0 Å². The zero-order chi connectivity index (χ0) is 101. The monoisotopic (exact) mass is 1990 g/mol. The van der Waals surface area contributed by atoms with E-state index in [9.17, 15) is 79.8 Å². The first-order chi connectivity index (χ1) is 65.7. The molecule has 0 saturated carbocycles. The van der Waals surface area contributed by atoms with E-state index < -0.39 is 317 Å². The summed E-state index contributed by atoms with van der Waals surface area (Å²) < 4.78 is 60.5. The van der Waals surface area contributed by atoms with Crippen molar-refractivity contribution in [2.45, 2.75) is 220 Å². The van der Waals surface area contributed by atoms with E-state index in [1.54, 1.807) is 39.8 Å². The number of phenols is 2. The van der Waals surface area contributed by atoms with Gasteiger partial charge in [0.25, 0.3) is 0 Å². The zero-order valence-electron chi connectivity index (χ0n) is 75.5. The maximum Gasteiger partial charge on any atom is 0.330 e. The lowest BCUT2D eigenvalue weighted by atomic mass is 9.84. The SMILES string of the molecule is Cc1ccc2cc1-c1c(O)cc(O)cc1[C@H](C(=O)O)NC(=O)[C@H]1NC(=O)[C@@H]2NC(=O)[C@@H]2NC(=O)[C@H](CC(N)=O)NC(=O)[C@H](NC(=O)[C@@H](CC(C)C)N(C)C(=O)CCC(=O)N(CC(=O)O)CC(=O)O)[C@H](O)c3ccc(c(Cl)c3)Oc3cc2cc2c3O[C@@H]3O[C@H](CO[C@@H]4O[C@H](C[C@](C)(N)[C@H]4O)O[C@@H]1c1ccc(c(Cl)c1)O2)[C@@H](O)[C@H](O)[C@H]3O[C@H]1C[C@](C)(NCc2ccc(-c3ccc(Cl)cc3)cc2)[C@@H](O)[C@H](C)O1. The van der Waals surface area contributed by atoms with Crippen LogP contribution in [-0.4, -0.2) is 262 Å². The van der Waals surface area contributed by atoms with Gasteiger partial charge >= 0.3 is 17.9 Å². The van der Waals surface area contributed by atoms with Crippen LogP contribution < -0.4 is 62.9 Å². The number of carboxylic acid groups (broad SMARTS) is 3. The number of benzene rings is 7. The van der Waals surface area contributed by atoms with Crippen LogP contribution in [0.5, 0.6) is 40.2 Å². The van der Waals surface area contributed by atoms with Crippen molar-refractivity contribution in [2.75, 3.05) is 26.7 Å². The van der Waals surface area contributed by atoms with E-state index in [0.717, 1.165) is 71.1 Å². The Bertz CT molecular complexity index is 5910. The first-order valence-electron chi connectivity index (χ1n) is 44.1. The molecule has 42 nitrogen and oxygen atoms in total. The van der Waals surface area contributed by atoms with E-state index in [0.29, 0.717) is 9.92 Å². The van der Waals surface area contributed by atoms with Crippen LogP contribution in [0.2, 0.25) is 15.1 Å². The fraction of sp³-hybridized carbons (Fsp3) is 0.426. The molecule has 139 heavy (non-hydrogen) atoms. The van der Waals surface area contributed by atoms with Gasteiger partial charge in [0.15, 0.2) is 42.5 Å². The number of carbonyl (C=O) groups is 12.